The van der Waals surface area contributed by atoms with Gasteiger partial charge in [0.15, 0.2) is 5.13 Å². The van der Waals surface area contributed by atoms with Gasteiger partial charge in [-0.15, -0.1) is 11.3 Å². The summed E-state index contributed by atoms with van der Waals surface area (Å²) in [6.07, 6.45) is 11.1. The van der Waals surface area contributed by atoms with Crippen LogP contribution in [0.2, 0.25) is 0 Å². The van der Waals surface area contributed by atoms with Gasteiger partial charge in [0, 0.05) is 24.4 Å². The number of hydrogen-bond acceptors (Lipinski definition) is 4. The highest BCUT2D eigenvalue weighted by molar-refractivity contribution is 7.14. The van der Waals surface area contributed by atoms with E-state index in [0.29, 0.717) is 10.8 Å². The van der Waals surface area contributed by atoms with Gasteiger partial charge in [0.2, 0.25) is 11.8 Å². The van der Waals surface area contributed by atoms with Crippen LogP contribution in [0.15, 0.2) is 35.7 Å². The molecule has 2 aromatic rings. The smallest absolute Gasteiger partial charge is 0.244 e. The maximum absolute atomic E-state index is 14.3. The van der Waals surface area contributed by atoms with E-state index < -0.39 is 5.82 Å². The number of amides is 2. The molecule has 4 fully saturated rings. The van der Waals surface area contributed by atoms with Crippen LogP contribution in [0, 0.1) is 29.0 Å². The molecule has 174 valence electrons. The second-order valence-electron chi connectivity index (χ2n) is 10.2. The van der Waals surface area contributed by atoms with Crippen molar-refractivity contribution in [2.45, 2.75) is 58.4 Å². The minimum Gasteiger partial charge on any atom is -0.350 e. The van der Waals surface area contributed by atoms with Crippen LogP contribution in [0.4, 0.5) is 15.2 Å². The average molecular weight is 468 g/mol. The SMILES string of the molecule is CC(=O)N(c1nc(C=CC(=O)NC(C)C23CC4CC(CC(C4)C2)C3)cs1)c1ccccc1F. The van der Waals surface area contributed by atoms with Crippen LogP contribution in [0.3, 0.4) is 0 Å². The van der Waals surface area contributed by atoms with Gasteiger partial charge < -0.3 is 5.32 Å². The van der Waals surface area contributed by atoms with Crippen LogP contribution in [-0.4, -0.2) is 22.8 Å². The first kappa shape index (κ1) is 22.3. The maximum Gasteiger partial charge on any atom is 0.244 e. The normalized spacial score (nSPS) is 28.8. The van der Waals surface area contributed by atoms with E-state index in [1.54, 1.807) is 29.7 Å². The molecular formula is C26H30FN3O2S. The van der Waals surface area contributed by atoms with Crippen molar-refractivity contribution in [2.75, 3.05) is 4.90 Å². The van der Waals surface area contributed by atoms with Crippen LogP contribution in [-0.2, 0) is 9.59 Å². The topological polar surface area (TPSA) is 62.3 Å². The minimum atomic E-state index is -0.488. The van der Waals surface area contributed by atoms with Gasteiger partial charge in [-0.1, -0.05) is 12.1 Å². The number of hydrogen-bond donors (Lipinski definition) is 1. The number of nitrogens with one attached hydrogen (secondary N) is 1. The van der Waals surface area contributed by atoms with E-state index >= 15 is 0 Å². The lowest BCUT2D eigenvalue weighted by atomic mass is 9.48. The van der Waals surface area contributed by atoms with Crippen molar-refractivity contribution in [2.24, 2.45) is 23.2 Å². The summed E-state index contributed by atoms with van der Waals surface area (Å²) in [5.41, 5.74) is 0.987. The zero-order valence-electron chi connectivity index (χ0n) is 19.1. The zero-order chi connectivity index (χ0) is 23.2. The lowest BCUT2D eigenvalue weighted by Crippen LogP contribution is -2.55. The van der Waals surface area contributed by atoms with Gasteiger partial charge in [-0.05, 0) is 86.8 Å². The second kappa shape index (κ2) is 8.67. The number of thiazole rings is 1. The monoisotopic (exact) mass is 467 g/mol. The van der Waals surface area contributed by atoms with Crippen LogP contribution in [0.25, 0.3) is 6.08 Å². The zero-order valence-corrected chi connectivity index (χ0v) is 19.9. The largest absolute Gasteiger partial charge is 0.350 e. The summed E-state index contributed by atoms with van der Waals surface area (Å²) >= 11 is 1.24. The molecule has 0 radical (unpaired) electrons. The summed E-state index contributed by atoms with van der Waals surface area (Å²) in [6.45, 7) is 3.54. The number of carbonyl (C=O) groups is 2. The van der Waals surface area contributed by atoms with Crippen molar-refractivity contribution in [3.63, 3.8) is 0 Å². The van der Waals surface area contributed by atoms with E-state index in [2.05, 4.69) is 17.2 Å². The third-order valence-corrected chi connectivity index (χ3v) is 8.72. The highest BCUT2D eigenvalue weighted by Crippen LogP contribution is 2.61. The molecule has 1 atom stereocenters. The summed E-state index contributed by atoms with van der Waals surface area (Å²) in [4.78, 5) is 30.6. The Balaban J connectivity index is 1.25. The van der Waals surface area contributed by atoms with Crippen LogP contribution >= 0.6 is 11.3 Å². The van der Waals surface area contributed by atoms with Crippen LogP contribution < -0.4 is 10.2 Å². The van der Waals surface area contributed by atoms with Gasteiger partial charge in [-0.3, -0.25) is 14.5 Å². The molecule has 4 bridgehead atoms. The molecule has 0 saturated heterocycles. The second-order valence-corrected chi connectivity index (χ2v) is 11.0. The first-order valence-electron chi connectivity index (χ1n) is 11.8. The average Bonchev–Trinajstić information content (AvgIpc) is 3.21. The summed E-state index contributed by atoms with van der Waals surface area (Å²) in [6, 6.07) is 6.28. The van der Waals surface area contributed by atoms with Gasteiger partial charge >= 0.3 is 0 Å². The molecule has 0 aliphatic heterocycles. The molecule has 7 heteroatoms. The van der Waals surface area contributed by atoms with E-state index in [1.165, 1.54) is 73.8 Å². The number of rotatable bonds is 6. The lowest BCUT2D eigenvalue weighted by Gasteiger charge is -2.59. The molecule has 2 amide bonds. The predicted molar refractivity (Wildman–Crippen MR) is 129 cm³/mol. The Morgan fingerprint density at radius 1 is 1.18 bits per heavy atom. The molecule has 4 aliphatic rings. The number of benzene rings is 1. The quantitative estimate of drug-likeness (QED) is 0.554. The Kier molecular flexibility index (Phi) is 5.85. The van der Waals surface area contributed by atoms with Gasteiger partial charge in [0.1, 0.15) is 5.82 Å². The fourth-order valence-corrected chi connectivity index (χ4v) is 7.63. The third-order valence-electron chi connectivity index (χ3n) is 7.88. The van der Waals surface area contributed by atoms with Crippen molar-refractivity contribution in [3.8, 4) is 0 Å². The fraction of sp³-hybridized carbons (Fsp3) is 0.500. The highest BCUT2D eigenvalue weighted by Gasteiger charge is 2.53. The number of carbonyl (C=O) groups excluding carboxylic acids is 2. The summed E-state index contributed by atoms with van der Waals surface area (Å²) in [7, 11) is 0. The number of aromatic nitrogens is 1. The fourth-order valence-electron chi connectivity index (χ4n) is 6.78. The van der Waals surface area contributed by atoms with E-state index in [9.17, 15) is 14.0 Å². The Morgan fingerprint density at radius 2 is 1.82 bits per heavy atom. The molecule has 1 N–H and O–H groups in total. The van der Waals surface area contributed by atoms with E-state index in [0.717, 1.165) is 17.8 Å². The molecule has 33 heavy (non-hydrogen) atoms. The van der Waals surface area contributed by atoms with Crippen LogP contribution in [0.5, 0.6) is 0 Å². The molecule has 0 spiro atoms. The first-order chi connectivity index (χ1) is 15.8. The third kappa shape index (κ3) is 4.35. The summed E-state index contributed by atoms with van der Waals surface area (Å²) < 4.78 is 14.3. The maximum atomic E-state index is 14.3. The van der Waals surface area contributed by atoms with Gasteiger partial charge in [0.25, 0.3) is 0 Å². The number of para-hydroxylation sites is 1. The van der Waals surface area contributed by atoms with Crippen molar-refractivity contribution in [1.29, 1.82) is 0 Å². The van der Waals surface area contributed by atoms with Crippen LogP contribution in [0.1, 0.15) is 58.1 Å². The molecule has 1 aromatic carbocycles. The predicted octanol–water partition coefficient (Wildman–Crippen LogP) is 5.70. The van der Waals surface area contributed by atoms with Crippen molar-refractivity contribution in [1.82, 2.24) is 10.3 Å². The standard InChI is InChI=1S/C26H30FN3O2S/c1-16(26-12-18-9-19(13-26)11-20(10-18)14-26)28-24(32)8-7-21-15-33-25(29-21)30(17(2)31)23-6-4-3-5-22(23)27/h3-8,15-16,18-20H,9-14H2,1-2H3,(H,28,32). The highest BCUT2D eigenvalue weighted by atomic mass is 32.1. The molecule has 4 saturated carbocycles. The summed E-state index contributed by atoms with van der Waals surface area (Å²) in [5, 5.41) is 5.36. The Labute approximate surface area is 198 Å². The molecule has 4 aliphatic carbocycles. The number of anilines is 2. The van der Waals surface area contributed by atoms with Gasteiger partial charge in [-0.25, -0.2) is 9.37 Å². The molecule has 1 aromatic heterocycles. The lowest BCUT2D eigenvalue weighted by molar-refractivity contribution is -0.121. The van der Waals surface area contributed by atoms with Crippen molar-refractivity contribution in [3.05, 3.63) is 47.2 Å². The molecule has 1 heterocycles. The molecule has 6 rings (SSSR count). The number of halogens is 1. The van der Waals surface area contributed by atoms with Crippen molar-refractivity contribution < 1.29 is 14.0 Å². The first-order valence-corrected chi connectivity index (χ1v) is 12.7. The van der Waals surface area contributed by atoms with Gasteiger partial charge in [0.05, 0.1) is 11.4 Å². The number of nitrogens with zero attached hydrogens (tertiary/aromatic N) is 2. The van der Waals surface area contributed by atoms with E-state index in [4.69, 9.17) is 0 Å². The molecule has 5 nitrogen and oxygen atoms in total. The van der Waals surface area contributed by atoms with E-state index in [1.807, 2.05) is 0 Å². The molecular weight excluding hydrogens is 437 g/mol. The summed E-state index contributed by atoms with van der Waals surface area (Å²) in [5.74, 6) is 1.60. The Bertz CT molecular complexity index is 1060. The Morgan fingerprint density at radius 3 is 2.42 bits per heavy atom. The Hall–Kier alpha value is -2.54. The minimum absolute atomic E-state index is 0.120. The van der Waals surface area contributed by atoms with Crippen molar-refractivity contribution >= 4 is 40.0 Å². The molecule has 1 unspecified atom stereocenters. The van der Waals surface area contributed by atoms with E-state index in [-0.39, 0.29) is 29.0 Å². The van der Waals surface area contributed by atoms with Gasteiger partial charge in [-0.2, -0.15) is 0 Å².